The topological polar surface area (TPSA) is 74.1 Å². The summed E-state index contributed by atoms with van der Waals surface area (Å²) in [5.41, 5.74) is 3.06. The van der Waals surface area contributed by atoms with Gasteiger partial charge in [0, 0.05) is 5.69 Å². The molecular weight excluding hydrogens is 318 g/mol. The molecule has 7 nitrogen and oxygen atoms in total. The number of hydrogen-bond donors (Lipinski definition) is 1. The Morgan fingerprint density at radius 2 is 1.96 bits per heavy atom. The maximum atomic E-state index is 5.44. The summed E-state index contributed by atoms with van der Waals surface area (Å²) in [6.45, 7) is 6.30. The zero-order chi connectivity index (χ0) is 17.4. The van der Waals surface area contributed by atoms with Crippen molar-refractivity contribution in [3.8, 4) is 17.3 Å². The fraction of sp³-hybridized carbons (Fsp3) is 0.278. The van der Waals surface area contributed by atoms with Crippen LogP contribution in [0.15, 0.2) is 36.7 Å². The lowest BCUT2D eigenvalue weighted by molar-refractivity contribution is 0.174. The summed E-state index contributed by atoms with van der Waals surface area (Å²) in [6.07, 6.45) is 3.41. The van der Waals surface area contributed by atoms with Crippen LogP contribution in [0, 0.1) is 13.8 Å². The number of aromatic nitrogens is 4. The van der Waals surface area contributed by atoms with Gasteiger partial charge in [-0.15, -0.1) is 0 Å². The van der Waals surface area contributed by atoms with Gasteiger partial charge in [-0.3, -0.25) is 4.98 Å². The minimum atomic E-state index is 0.0412. The number of benzene rings is 1. The van der Waals surface area contributed by atoms with Crippen LogP contribution in [0.25, 0.3) is 5.82 Å². The van der Waals surface area contributed by atoms with Gasteiger partial charge in [0.05, 0.1) is 24.1 Å². The second kappa shape index (κ2) is 6.08. The Morgan fingerprint density at radius 1 is 1.12 bits per heavy atom. The molecule has 0 spiro atoms. The number of ether oxygens (including phenoxy) is 2. The molecular formula is C18H19N5O2. The van der Waals surface area contributed by atoms with Gasteiger partial charge in [-0.05, 0) is 44.5 Å². The van der Waals surface area contributed by atoms with Gasteiger partial charge in [0.2, 0.25) is 6.79 Å². The highest BCUT2D eigenvalue weighted by molar-refractivity contribution is 5.47. The Bertz CT molecular complexity index is 922. The number of nitrogens with one attached hydrogen (secondary N) is 1. The quantitative estimate of drug-likeness (QED) is 0.788. The molecule has 1 atom stereocenters. The normalized spacial score (nSPS) is 13.7. The van der Waals surface area contributed by atoms with Crippen molar-refractivity contribution in [1.29, 1.82) is 0 Å². The number of rotatable bonds is 4. The van der Waals surface area contributed by atoms with Crippen molar-refractivity contribution in [2.75, 3.05) is 12.1 Å². The first-order chi connectivity index (χ1) is 12.1. The summed E-state index contributed by atoms with van der Waals surface area (Å²) >= 11 is 0. The average Bonchev–Trinajstić information content (AvgIpc) is 3.20. The summed E-state index contributed by atoms with van der Waals surface area (Å²) in [5, 5.41) is 7.83. The van der Waals surface area contributed by atoms with Crippen molar-refractivity contribution in [3.63, 3.8) is 0 Å². The Balaban J connectivity index is 1.56. The lowest BCUT2D eigenvalue weighted by Crippen LogP contribution is -2.10. The Morgan fingerprint density at radius 3 is 2.76 bits per heavy atom. The second-order valence-corrected chi connectivity index (χ2v) is 6.08. The van der Waals surface area contributed by atoms with E-state index in [1.54, 1.807) is 17.1 Å². The van der Waals surface area contributed by atoms with E-state index >= 15 is 0 Å². The molecule has 2 aromatic heterocycles. The molecule has 1 unspecified atom stereocenters. The summed E-state index contributed by atoms with van der Waals surface area (Å²) in [4.78, 5) is 8.91. The van der Waals surface area contributed by atoms with E-state index in [-0.39, 0.29) is 12.8 Å². The lowest BCUT2D eigenvalue weighted by atomic mass is 10.1. The first kappa shape index (κ1) is 15.4. The summed E-state index contributed by atoms with van der Waals surface area (Å²) in [5.74, 6) is 2.93. The third kappa shape index (κ3) is 3.00. The van der Waals surface area contributed by atoms with E-state index in [1.807, 2.05) is 38.1 Å². The largest absolute Gasteiger partial charge is 0.454 e. The maximum absolute atomic E-state index is 5.44. The fourth-order valence-electron chi connectivity index (χ4n) is 2.88. The van der Waals surface area contributed by atoms with Crippen molar-refractivity contribution < 1.29 is 9.47 Å². The molecule has 4 rings (SSSR count). The molecule has 0 saturated carbocycles. The van der Waals surface area contributed by atoms with Gasteiger partial charge in [0.1, 0.15) is 5.82 Å². The predicted octanol–water partition coefficient (Wildman–Crippen LogP) is 3.18. The molecule has 1 aliphatic heterocycles. The van der Waals surface area contributed by atoms with Crippen LogP contribution in [-0.2, 0) is 0 Å². The molecule has 0 radical (unpaired) electrons. The van der Waals surface area contributed by atoms with Gasteiger partial charge in [0.25, 0.3) is 0 Å². The number of anilines is 1. The van der Waals surface area contributed by atoms with E-state index in [4.69, 9.17) is 9.47 Å². The van der Waals surface area contributed by atoms with Gasteiger partial charge in [-0.2, -0.15) is 5.10 Å². The Kier molecular flexibility index (Phi) is 3.76. The van der Waals surface area contributed by atoms with Crippen LogP contribution in [-0.4, -0.2) is 26.5 Å². The van der Waals surface area contributed by atoms with Gasteiger partial charge in [0.15, 0.2) is 17.3 Å². The van der Waals surface area contributed by atoms with Crippen molar-refractivity contribution in [1.82, 2.24) is 19.7 Å². The SMILES string of the molecule is Cc1cc(C)n(-c2cncc(NC(C)c3ccc4c(c3)OCO4)n2)n1. The van der Waals surface area contributed by atoms with Crippen LogP contribution in [0.1, 0.15) is 29.9 Å². The highest BCUT2D eigenvalue weighted by Crippen LogP contribution is 2.34. The first-order valence-corrected chi connectivity index (χ1v) is 8.12. The fourth-order valence-corrected chi connectivity index (χ4v) is 2.88. The van der Waals surface area contributed by atoms with Gasteiger partial charge >= 0.3 is 0 Å². The van der Waals surface area contributed by atoms with Crippen LogP contribution >= 0.6 is 0 Å². The van der Waals surface area contributed by atoms with E-state index in [1.165, 1.54) is 0 Å². The zero-order valence-corrected chi connectivity index (χ0v) is 14.4. The average molecular weight is 337 g/mol. The molecule has 0 fully saturated rings. The van der Waals surface area contributed by atoms with E-state index in [0.717, 1.165) is 28.5 Å². The molecule has 0 saturated heterocycles. The van der Waals surface area contributed by atoms with E-state index in [9.17, 15) is 0 Å². The molecule has 1 aliphatic rings. The monoisotopic (exact) mass is 337 g/mol. The third-order valence-corrected chi connectivity index (χ3v) is 4.11. The van der Waals surface area contributed by atoms with Crippen LogP contribution < -0.4 is 14.8 Å². The molecule has 128 valence electrons. The number of nitrogens with zero attached hydrogens (tertiary/aromatic N) is 4. The molecule has 0 bridgehead atoms. The van der Waals surface area contributed by atoms with Crippen molar-refractivity contribution in [2.45, 2.75) is 26.8 Å². The van der Waals surface area contributed by atoms with E-state index in [0.29, 0.717) is 11.6 Å². The minimum Gasteiger partial charge on any atom is -0.454 e. The van der Waals surface area contributed by atoms with Crippen molar-refractivity contribution in [3.05, 3.63) is 53.6 Å². The van der Waals surface area contributed by atoms with Crippen LogP contribution in [0.4, 0.5) is 5.82 Å². The number of aryl methyl sites for hydroxylation is 2. The maximum Gasteiger partial charge on any atom is 0.231 e. The molecule has 0 amide bonds. The highest BCUT2D eigenvalue weighted by atomic mass is 16.7. The molecule has 3 aromatic rings. The molecule has 1 N–H and O–H groups in total. The Labute approximate surface area is 145 Å². The van der Waals surface area contributed by atoms with E-state index < -0.39 is 0 Å². The van der Waals surface area contributed by atoms with Gasteiger partial charge in [-0.25, -0.2) is 9.67 Å². The minimum absolute atomic E-state index is 0.0412. The molecule has 3 heterocycles. The Hall–Kier alpha value is -3.09. The predicted molar refractivity (Wildman–Crippen MR) is 93.2 cm³/mol. The summed E-state index contributed by atoms with van der Waals surface area (Å²) < 4.78 is 12.6. The third-order valence-electron chi connectivity index (χ3n) is 4.11. The zero-order valence-electron chi connectivity index (χ0n) is 14.4. The second-order valence-electron chi connectivity index (χ2n) is 6.08. The molecule has 7 heteroatoms. The number of fused-ring (bicyclic) bond motifs is 1. The summed E-state index contributed by atoms with van der Waals surface area (Å²) in [7, 11) is 0. The van der Waals surface area contributed by atoms with Gasteiger partial charge in [-0.1, -0.05) is 6.07 Å². The highest BCUT2D eigenvalue weighted by Gasteiger charge is 2.16. The van der Waals surface area contributed by atoms with Crippen molar-refractivity contribution >= 4 is 5.82 Å². The lowest BCUT2D eigenvalue weighted by Gasteiger charge is -2.16. The number of hydrogen-bond acceptors (Lipinski definition) is 6. The molecule has 1 aromatic carbocycles. The smallest absolute Gasteiger partial charge is 0.231 e. The standard InChI is InChI=1S/C18H19N5O2/c1-11-6-12(2)23(22-11)18-9-19-8-17(21-18)20-13(3)14-4-5-15-16(7-14)25-10-24-15/h4-9,13H,10H2,1-3H3,(H,20,21). The van der Waals surface area contributed by atoms with Crippen molar-refractivity contribution in [2.24, 2.45) is 0 Å². The van der Waals surface area contributed by atoms with Gasteiger partial charge < -0.3 is 14.8 Å². The van der Waals surface area contributed by atoms with Crippen LogP contribution in [0.3, 0.4) is 0 Å². The molecule has 25 heavy (non-hydrogen) atoms. The van der Waals surface area contributed by atoms with Crippen LogP contribution in [0.5, 0.6) is 11.5 Å². The van der Waals surface area contributed by atoms with Crippen LogP contribution in [0.2, 0.25) is 0 Å². The summed E-state index contributed by atoms with van der Waals surface area (Å²) in [6, 6.07) is 7.98. The van der Waals surface area contributed by atoms with E-state index in [2.05, 4.69) is 27.3 Å². The first-order valence-electron chi connectivity index (χ1n) is 8.12. The molecule has 0 aliphatic carbocycles.